The number of halogens is 1. The Hall–Kier alpha value is -1.40. The molecule has 2 N–H and O–H groups in total. The lowest BCUT2D eigenvalue weighted by Crippen LogP contribution is -2.52. The first-order chi connectivity index (χ1) is 10.5. The normalized spacial score (nSPS) is 19.6. The van der Waals surface area contributed by atoms with Gasteiger partial charge in [0.05, 0.1) is 12.5 Å². The van der Waals surface area contributed by atoms with Crippen molar-refractivity contribution in [2.45, 2.75) is 32.4 Å². The van der Waals surface area contributed by atoms with Gasteiger partial charge >= 0.3 is 0 Å². The zero-order valence-electron chi connectivity index (χ0n) is 12.9. The summed E-state index contributed by atoms with van der Waals surface area (Å²) in [7, 11) is 0. The maximum absolute atomic E-state index is 12.6. The van der Waals surface area contributed by atoms with E-state index < -0.39 is 0 Å². The molecular weight excluding hydrogens is 346 g/mol. The minimum atomic E-state index is -0.291. The van der Waals surface area contributed by atoms with E-state index >= 15 is 0 Å². The molecule has 2 rings (SSSR count). The molecule has 1 aromatic rings. The van der Waals surface area contributed by atoms with Gasteiger partial charge < -0.3 is 15.5 Å². The minimum absolute atomic E-state index is 0.0793. The van der Waals surface area contributed by atoms with Crippen LogP contribution in [0.5, 0.6) is 0 Å². The number of rotatable bonds is 4. The number of amides is 2. The molecule has 22 heavy (non-hydrogen) atoms. The van der Waals surface area contributed by atoms with Gasteiger partial charge in [-0.2, -0.15) is 0 Å². The Morgan fingerprint density at radius 3 is 2.68 bits per heavy atom. The van der Waals surface area contributed by atoms with Crippen LogP contribution in [0.25, 0.3) is 0 Å². The van der Waals surface area contributed by atoms with Gasteiger partial charge in [-0.3, -0.25) is 9.59 Å². The van der Waals surface area contributed by atoms with Gasteiger partial charge in [-0.15, -0.1) is 0 Å². The highest BCUT2D eigenvalue weighted by Gasteiger charge is 2.26. The molecule has 2 atom stereocenters. The van der Waals surface area contributed by atoms with Crippen molar-refractivity contribution in [2.24, 2.45) is 0 Å². The van der Waals surface area contributed by atoms with E-state index in [2.05, 4.69) is 26.6 Å². The molecule has 0 saturated carbocycles. The Kier molecular flexibility index (Phi) is 5.97. The molecule has 120 valence electrons. The Balaban J connectivity index is 2.10. The molecule has 0 radical (unpaired) electrons. The van der Waals surface area contributed by atoms with Gasteiger partial charge in [-0.05, 0) is 24.6 Å². The van der Waals surface area contributed by atoms with Crippen molar-refractivity contribution < 1.29 is 9.59 Å². The number of nitrogens with one attached hydrogen (secondary N) is 2. The van der Waals surface area contributed by atoms with Crippen LogP contribution < -0.4 is 10.6 Å². The molecule has 0 aliphatic carbocycles. The Bertz CT molecular complexity index is 533. The van der Waals surface area contributed by atoms with E-state index in [0.29, 0.717) is 6.54 Å². The maximum Gasteiger partial charge on any atom is 0.225 e. The maximum atomic E-state index is 12.6. The van der Waals surface area contributed by atoms with Crippen molar-refractivity contribution in [3.05, 3.63) is 34.3 Å². The first kappa shape index (κ1) is 17.0. The number of nitrogens with zero attached hydrogens (tertiary/aromatic N) is 1. The molecule has 1 aromatic carbocycles. The zero-order chi connectivity index (χ0) is 16.1. The topological polar surface area (TPSA) is 61.4 Å². The molecule has 0 aromatic heterocycles. The van der Waals surface area contributed by atoms with Gasteiger partial charge in [0.1, 0.15) is 0 Å². The smallest absolute Gasteiger partial charge is 0.225 e. The van der Waals surface area contributed by atoms with E-state index in [-0.39, 0.29) is 30.3 Å². The third-order valence-electron chi connectivity index (χ3n) is 3.85. The van der Waals surface area contributed by atoms with Crippen molar-refractivity contribution in [1.29, 1.82) is 0 Å². The van der Waals surface area contributed by atoms with Gasteiger partial charge in [0.15, 0.2) is 0 Å². The molecule has 1 aliphatic heterocycles. The quantitative estimate of drug-likeness (QED) is 0.853. The standard InChI is InChI=1S/C16H22BrN3O2/c1-11-10-18-7-8-20(11)16(22)9-15(19-12(2)21)13-3-5-14(17)6-4-13/h3-6,11,15,18H,7-10H2,1-2H3,(H,19,21)/t11-,15-/m1/s1. The summed E-state index contributed by atoms with van der Waals surface area (Å²) in [5.41, 5.74) is 0.939. The molecule has 0 bridgehead atoms. The van der Waals surface area contributed by atoms with E-state index in [1.54, 1.807) is 0 Å². The zero-order valence-corrected chi connectivity index (χ0v) is 14.5. The Morgan fingerprint density at radius 1 is 1.41 bits per heavy atom. The van der Waals surface area contributed by atoms with Crippen molar-refractivity contribution in [3.8, 4) is 0 Å². The fourth-order valence-electron chi connectivity index (χ4n) is 2.70. The lowest BCUT2D eigenvalue weighted by molar-refractivity contribution is -0.134. The molecule has 1 heterocycles. The monoisotopic (exact) mass is 367 g/mol. The summed E-state index contributed by atoms with van der Waals surface area (Å²) in [6.45, 7) is 5.86. The van der Waals surface area contributed by atoms with Crippen LogP contribution in [0.2, 0.25) is 0 Å². The van der Waals surface area contributed by atoms with Crippen molar-refractivity contribution in [3.63, 3.8) is 0 Å². The molecule has 1 fully saturated rings. The number of hydrogen-bond acceptors (Lipinski definition) is 3. The highest BCUT2D eigenvalue weighted by atomic mass is 79.9. The molecule has 2 amide bonds. The average molecular weight is 368 g/mol. The molecule has 0 unspecified atom stereocenters. The first-order valence-corrected chi connectivity index (χ1v) is 8.29. The molecule has 1 saturated heterocycles. The minimum Gasteiger partial charge on any atom is -0.349 e. The third kappa shape index (κ3) is 4.55. The summed E-state index contributed by atoms with van der Waals surface area (Å²) in [5, 5.41) is 6.16. The van der Waals surface area contributed by atoms with Crippen LogP contribution in [-0.2, 0) is 9.59 Å². The third-order valence-corrected chi connectivity index (χ3v) is 4.38. The molecule has 5 nitrogen and oxygen atoms in total. The van der Waals surface area contributed by atoms with E-state index in [1.807, 2.05) is 36.1 Å². The average Bonchev–Trinajstić information content (AvgIpc) is 2.47. The molecule has 6 heteroatoms. The van der Waals surface area contributed by atoms with Crippen LogP contribution >= 0.6 is 15.9 Å². The second-order valence-electron chi connectivity index (χ2n) is 5.65. The van der Waals surface area contributed by atoms with Crippen LogP contribution in [0.1, 0.15) is 31.9 Å². The van der Waals surface area contributed by atoms with Gasteiger partial charge in [0.25, 0.3) is 0 Å². The summed E-state index contributed by atoms with van der Waals surface area (Å²) in [5.74, 6) is -0.0512. The number of carbonyl (C=O) groups is 2. The summed E-state index contributed by atoms with van der Waals surface area (Å²) in [6, 6.07) is 7.59. The van der Waals surface area contributed by atoms with Crippen LogP contribution in [0, 0.1) is 0 Å². The fourth-order valence-corrected chi connectivity index (χ4v) is 2.96. The number of piperazine rings is 1. The molecule has 1 aliphatic rings. The molecular formula is C16H22BrN3O2. The second kappa shape index (κ2) is 7.74. The predicted molar refractivity (Wildman–Crippen MR) is 89.4 cm³/mol. The Morgan fingerprint density at radius 2 is 2.09 bits per heavy atom. The van der Waals surface area contributed by atoms with Crippen molar-refractivity contribution in [1.82, 2.24) is 15.5 Å². The van der Waals surface area contributed by atoms with Crippen LogP contribution in [0.4, 0.5) is 0 Å². The lowest BCUT2D eigenvalue weighted by atomic mass is 10.0. The van der Waals surface area contributed by atoms with Gasteiger partial charge in [0.2, 0.25) is 11.8 Å². The number of carbonyl (C=O) groups excluding carboxylic acids is 2. The fraction of sp³-hybridized carbons (Fsp3) is 0.500. The summed E-state index contributed by atoms with van der Waals surface area (Å²) in [4.78, 5) is 25.9. The van der Waals surface area contributed by atoms with Crippen LogP contribution in [0.3, 0.4) is 0 Å². The highest BCUT2D eigenvalue weighted by Crippen LogP contribution is 2.21. The predicted octanol–water partition coefficient (Wildman–Crippen LogP) is 1.84. The van der Waals surface area contributed by atoms with E-state index in [1.165, 1.54) is 6.92 Å². The van der Waals surface area contributed by atoms with Crippen LogP contribution in [-0.4, -0.2) is 42.4 Å². The lowest BCUT2D eigenvalue weighted by Gasteiger charge is -2.35. The SMILES string of the molecule is CC(=O)N[C@H](CC(=O)N1CCNC[C@H]1C)c1ccc(Br)cc1. The Labute approximate surface area is 139 Å². The van der Waals surface area contributed by atoms with Gasteiger partial charge in [-0.25, -0.2) is 0 Å². The van der Waals surface area contributed by atoms with Crippen LogP contribution in [0.15, 0.2) is 28.7 Å². The van der Waals surface area contributed by atoms with Crippen molar-refractivity contribution >= 4 is 27.7 Å². The number of benzene rings is 1. The number of hydrogen-bond donors (Lipinski definition) is 2. The van der Waals surface area contributed by atoms with Gasteiger partial charge in [0, 0.05) is 37.1 Å². The summed E-state index contributed by atoms with van der Waals surface area (Å²) >= 11 is 3.40. The largest absolute Gasteiger partial charge is 0.349 e. The first-order valence-electron chi connectivity index (χ1n) is 7.50. The van der Waals surface area contributed by atoms with E-state index in [4.69, 9.17) is 0 Å². The summed E-state index contributed by atoms with van der Waals surface area (Å²) < 4.78 is 0.972. The molecule has 0 spiro atoms. The highest BCUT2D eigenvalue weighted by molar-refractivity contribution is 9.10. The van der Waals surface area contributed by atoms with Crippen molar-refractivity contribution in [2.75, 3.05) is 19.6 Å². The van der Waals surface area contributed by atoms with E-state index in [0.717, 1.165) is 23.1 Å². The van der Waals surface area contributed by atoms with E-state index in [9.17, 15) is 9.59 Å². The summed E-state index contributed by atoms with van der Waals surface area (Å²) in [6.07, 6.45) is 0.283. The van der Waals surface area contributed by atoms with Gasteiger partial charge in [-0.1, -0.05) is 28.1 Å². The second-order valence-corrected chi connectivity index (χ2v) is 6.56.